The number of hydrogen-bond donors (Lipinski definition) is 2. The highest BCUT2D eigenvalue weighted by Gasteiger charge is 2.24. The lowest BCUT2D eigenvalue weighted by Gasteiger charge is -2.30. The molecule has 1 aliphatic heterocycles. The molecule has 2 amide bonds. The van der Waals surface area contributed by atoms with Gasteiger partial charge in [-0.1, -0.05) is 24.3 Å². The van der Waals surface area contributed by atoms with Crippen molar-refractivity contribution in [3.05, 3.63) is 42.0 Å². The van der Waals surface area contributed by atoms with E-state index in [1.807, 2.05) is 18.2 Å². The minimum Gasteiger partial charge on any atom is -0.497 e. The zero-order valence-corrected chi connectivity index (χ0v) is 16.4. The van der Waals surface area contributed by atoms with Crippen LogP contribution in [-0.2, 0) is 19.0 Å². The van der Waals surface area contributed by atoms with Gasteiger partial charge >= 0.3 is 6.09 Å². The lowest BCUT2D eigenvalue weighted by Crippen LogP contribution is -2.33. The minimum atomic E-state index is -0.691. The quantitative estimate of drug-likeness (QED) is 0.656. The summed E-state index contributed by atoms with van der Waals surface area (Å²) in [5.74, 6) is 0.298. The molecule has 1 fully saturated rings. The van der Waals surface area contributed by atoms with Gasteiger partial charge in [-0.25, -0.2) is 4.79 Å². The summed E-state index contributed by atoms with van der Waals surface area (Å²) >= 11 is 0. The molecule has 0 radical (unpaired) electrons. The third-order valence-corrected chi connectivity index (χ3v) is 4.76. The van der Waals surface area contributed by atoms with Gasteiger partial charge < -0.3 is 30.0 Å². The molecule has 0 bridgehead atoms. The highest BCUT2D eigenvalue weighted by atomic mass is 16.7. The SMILES string of the molecule is COc1ccc2c(C3COC(CCCNC(=O)OCC(N)=O)OC3)cccc2c1. The molecular formula is C21H26N2O6. The molecule has 29 heavy (non-hydrogen) atoms. The van der Waals surface area contributed by atoms with Crippen LogP contribution in [0.4, 0.5) is 4.79 Å². The van der Waals surface area contributed by atoms with Crippen LogP contribution in [0.2, 0.25) is 0 Å². The molecule has 0 saturated carbocycles. The van der Waals surface area contributed by atoms with Gasteiger partial charge in [0.25, 0.3) is 5.91 Å². The second-order valence-electron chi connectivity index (χ2n) is 6.84. The zero-order valence-electron chi connectivity index (χ0n) is 16.4. The van der Waals surface area contributed by atoms with Crippen LogP contribution < -0.4 is 15.8 Å². The van der Waals surface area contributed by atoms with E-state index >= 15 is 0 Å². The van der Waals surface area contributed by atoms with Crippen LogP contribution in [0.5, 0.6) is 5.75 Å². The fourth-order valence-corrected chi connectivity index (χ4v) is 3.31. The summed E-state index contributed by atoms with van der Waals surface area (Å²) in [7, 11) is 1.66. The summed E-state index contributed by atoms with van der Waals surface area (Å²) in [6.07, 6.45) is 0.344. The Morgan fingerprint density at radius 2 is 2.00 bits per heavy atom. The van der Waals surface area contributed by atoms with Crippen molar-refractivity contribution < 1.29 is 28.5 Å². The normalized spacial score (nSPS) is 18.9. The van der Waals surface area contributed by atoms with E-state index in [1.165, 1.54) is 10.9 Å². The minimum absolute atomic E-state index is 0.158. The smallest absolute Gasteiger partial charge is 0.407 e. The molecular weight excluding hydrogens is 376 g/mol. The lowest BCUT2D eigenvalue weighted by atomic mass is 9.94. The Bertz CT molecular complexity index is 848. The Labute approximate surface area is 169 Å². The van der Waals surface area contributed by atoms with Gasteiger partial charge in [0.2, 0.25) is 0 Å². The van der Waals surface area contributed by atoms with Gasteiger partial charge in [-0.3, -0.25) is 4.79 Å². The molecule has 0 aliphatic carbocycles. The molecule has 2 aromatic carbocycles. The van der Waals surface area contributed by atoms with Crippen LogP contribution in [0.1, 0.15) is 24.3 Å². The first-order valence-corrected chi connectivity index (χ1v) is 9.55. The summed E-state index contributed by atoms with van der Waals surface area (Å²) in [4.78, 5) is 21.9. The number of hydrogen-bond acceptors (Lipinski definition) is 6. The largest absolute Gasteiger partial charge is 0.497 e. The van der Waals surface area contributed by atoms with E-state index in [4.69, 9.17) is 19.9 Å². The number of primary amides is 1. The third-order valence-electron chi connectivity index (χ3n) is 4.76. The van der Waals surface area contributed by atoms with Gasteiger partial charge in [-0.15, -0.1) is 0 Å². The van der Waals surface area contributed by atoms with E-state index in [0.29, 0.717) is 32.6 Å². The summed E-state index contributed by atoms with van der Waals surface area (Å²) < 4.78 is 21.7. The average Bonchev–Trinajstić information content (AvgIpc) is 2.75. The second kappa shape index (κ2) is 10.1. The van der Waals surface area contributed by atoms with Crippen molar-refractivity contribution in [2.75, 3.05) is 33.5 Å². The number of benzene rings is 2. The van der Waals surface area contributed by atoms with E-state index < -0.39 is 18.6 Å². The molecule has 156 valence electrons. The van der Waals surface area contributed by atoms with E-state index in [1.54, 1.807) is 7.11 Å². The van der Waals surface area contributed by atoms with E-state index in [2.05, 4.69) is 28.3 Å². The Morgan fingerprint density at radius 1 is 1.21 bits per heavy atom. The van der Waals surface area contributed by atoms with E-state index in [0.717, 1.165) is 11.1 Å². The number of ether oxygens (including phenoxy) is 4. The van der Waals surface area contributed by atoms with Gasteiger partial charge in [0.05, 0.1) is 20.3 Å². The maximum atomic E-state index is 11.3. The standard InChI is InChI=1S/C21H26N2O6/c1-26-16-7-8-18-14(10-16)4-2-5-17(18)15-11-27-20(28-12-15)6-3-9-23-21(25)29-13-19(22)24/h2,4-5,7-8,10,15,20H,3,6,9,11-13H2,1H3,(H2,22,24)(H,23,25). The van der Waals surface area contributed by atoms with Crippen molar-refractivity contribution in [1.82, 2.24) is 5.32 Å². The summed E-state index contributed by atoms with van der Waals surface area (Å²) in [6.45, 7) is 1.12. The molecule has 0 unspecified atom stereocenters. The van der Waals surface area contributed by atoms with Crippen LogP contribution in [0, 0.1) is 0 Å². The summed E-state index contributed by atoms with van der Waals surface area (Å²) in [5.41, 5.74) is 6.10. The number of carbonyl (C=O) groups is 2. The Kier molecular flexibility index (Phi) is 7.26. The van der Waals surface area contributed by atoms with Gasteiger partial charge in [-0.2, -0.15) is 0 Å². The van der Waals surface area contributed by atoms with Crippen molar-refractivity contribution in [3.63, 3.8) is 0 Å². The maximum Gasteiger partial charge on any atom is 0.407 e. The number of fused-ring (bicyclic) bond motifs is 1. The Hall–Kier alpha value is -2.84. The number of methoxy groups -OCH3 is 1. The zero-order chi connectivity index (χ0) is 20.6. The molecule has 1 aliphatic rings. The van der Waals surface area contributed by atoms with Crippen molar-refractivity contribution in [2.45, 2.75) is 25.0 Å². The molecule has 3 N–H and O–H groups in total. The first-order chi connectivity index (χ1) is 14.1. The first-order valence-electron chi connectivity index (χ1n) is 9.55. The molecule has 8 heteroatoms. The predicted molar refractivity (Wildman–Crippen MR) is 107 cm³/mol. The topological polar surface area (TPSA) is 109 Å². The Morgan fingerprint density at radius 3 is 2.72 bits per heavy atom. The van der Waals surface area contributed by atoms with E-state index in [-0.39, 0.29) is 12.2 Å². The number of nitrogens with one attached hydrogen (secondary N) is 1. The molecule has 0 aromatic heterocycles. The summed E-state index contributed by atoms with van der Waals surface area (Å²) in [5, 5.41) is 4.84. The lowest BCUT2D eigenvalue weighted by molar-refractivity contribution is -0.189. The van der Waals surface area contributed by atoms with Crippen LogP contribution in [0.25, 0.3) is 10.8 Å². The fraction of sp³-hybridized carbons (Fsp3) is 0.429. The molecule has 0 spiro atoms. The molecule has 1 heterocycles. The van der Waals surface area contributed by atoms with Crippen LogP contribution in [-0.4, -0.2) is 51.8 Å². The number of nitrogens with two attached hydrogens (primary N) is 1. The van der Waals surface area contributed by atoms with Crippen molar-refractivity contribution in [2.24, 2.45) is 5.73 Å². The number of amides is 2. The fourth-order valence-electron chi connectivity index (χ4n) is 3.31. The average molecular weight is 402 g/mol. The van der Waals surface area contributed by atoms with Gasteiger partial charge in [0.1, 0.15) is 5.75 Å². The molecule has 3 rings (SSSR count). The second-order valence-corrected chi connectivity index (χ2v) is 6.84. The number of alkyl carbamates (subject to hydrolysis) is 1. The maximum absolute atomic E-state index is 11.3. The molecule has 0 atom stereocenters. The molecule has 1 saturated heterocycles. The molecule has 2 aromatic rings. The van der Waals surface area contributed by atoms with Crippen molar-refractivity contribution in [1.29, 1.82) is 0 Å². The van der Waals surface area contributed by atoms with Crippen LogP contribution in [0.3, 0.4) is 0 Å². The highest BCUT2D eigenvalue weighted by Crippen LogP contribution is 2.31. The van der Waals surface area contributed by atoms with E-state index in [9.17, 15) is 9.59 Å². The summed E-state index contributed by atoms with van der Waals surface area (Å²) in [6, 6.07) is 12.3. The highest BCUT2D eigenvalue weighted by molar-refractivity contribution is 5.87. The van der Waals surface area contributed by atoms with Crippen molar-refractivity contribution >= 4 is 22.8 Å². The van der Waals surface area contributed by atoms with Crippen molar-refractivity contribution in [3.8, 4) is 5.75 Å². The molecule has 8 nitrogen and oxygen atoms in total. The monoisotopic (exact) mass is 402 g/mol. The first kappa shape index (κ1) is 20.9. The third kappa shape index (κ3) is 5.82. The number of rotatable bonds is 8. The number of carbonyl (C=O) groups excluding carboxylic acids is 2. The van der Waals surface area contributed by atoms with Gasteiger partial charge in [-0.05, 0) is 34.9 Å². The van der Waals surface area contributed by atoms with Crippen LogP contribution in [0.15, 0.2) is 36.4 Å². The van der Waals surface area contributed by atoms with Gasteiger partial charge in [0.15, 0.2) is 12.9 Å². The Balaban J connectivity index is 1.44. The van der Waals surface area contributed by atoms with Gasteiger partial charge in [0, 0.05) is 18.9 Å². The predicted octanol–water partition coefficient (Wildman–Crippen LogP) is 2.30. The van der Waals surface area contributed by atoms with Crippen LogP contribution >= 0.6 is 0 Å².